The Bertz CT molecular complexity index is 674. The van der Waals surface area contributed by atoms with E-state index < -0.39 is 0 Å². The van der Waals surface area contributed by atoms with Crippen molar-refractivity contribution in [3.63, 3.8) is 0 Å². The first-order valence-corrected chi connectivity index (χ1v) is 7.62. The van der Waals surface area contributed by atoms with Crippen LogP contribution in [0.25, 0.3) is 11.3 Å². The van der Waals surface area contributed by atoms with E-state index in [-0.39, 0.29) is 5.91 Å². The number of amides is 1. The van der Waals surface area contributed by atoms with Gasteiger partial charge in [0.15, 0.2) is 0 Å². The van der Waals surface area contributed by atoms with E-state index >= 15 is 0 Å². The Morgan fingerprint density at radius 3 is 2.95 bits per heavy atom. The number of benzene rings is 1. The Balaban J connectivity index is 1.92. The Hall–Kier alpha value is -1.88. The molecular weight excluding hydrogens is 282 g/mol. The van der Waals surface area contributed by atoms with Gasteiger partial charge in [0.25, 0.3) is 0 Å². The van der Waals surface area contributed by atoms with E-state index in [1.807, 2.05) is 42.2 Å². The Labute approximate surface area is 129 Å². The van der Waals surface area contributed by atoms with Gasteiger partial charge in [0.05, 0.1) is 5.69 Å². The van der Waals surface area contributed by atoms with Crippen molar-refractivity contribution in [2.24, 2.45) is 5.92 Å². The first-order valence-electron chi connectivity index (χ1n) is 6.98. The van der Waals surface area contributed by atoms with Crippen molar-refractivity contribution in [1.82, 2.24) is 9.97 Å². The van der Waals surface area contributed by atoms with Crippen molar-refractivity contribution in [2.45, 2.75) is 13.3 Å². The van der Waals surface area contributed by atoms with Crippen molar-refractivity contribution < 1.29 is 4.79 Å². The van der Waals surface area contributed by atoms with Gasteiger partial charge in [0.1, 0.15) is 5.82 Å². The Kier molecular flexibility index (Phi) is 3.92. The summed E-state index contributed by atoms with van der Waals surface area (Å²) >= 11 is 4.30. The van der Waals surface area contributed by atoms with Crippen LogP contribution in [0, 0.1) is 12.8 Å². The van der Waals surface area contributed by atoms with E-state index in [4.69, 9.17) is 0 Å². The molecule has 1 fully saturated rings. The van der Waals surface area contributed by atoms with Crippen LogP contribution in [0.1, 0.15) is 12.2 Å². The van der Waals surface area contributed by atoms with E-state index in [0.29, 0.717) is 12.3 Å². The highest BCUT2D eigenvalue weighted by Crippen LogP contribution is 2.28. The van der Waals surface area contributed by atoms with Gasteiger partial charge in [-0.2, -0.15) is 12.6 Å². The molecule has 0 bridgehead atoms. The molecule has 0 N–H and O–H groups in total. The van der Waals surface area contributed by atoms with Crippen LogP contribution in [0.2, 0.25) is 0 Å². The second-order valence-corrected chi connectivity index (χ2v) is 5.66. The second kappa shape index (κ2) is 5.85. The average Bonchev–Trinajstić information content (AvgIpc) is 2.89. The molecule has 5 heteroatoms. The summed E-state index contributed by atoms with van der Waals surface area (Å²) in [7, 11) is 0. The van der Waals surface area contributed by atoms with E-state index in [2.05, 4.69) is 22.6 Å². The maximum Gasteiger partial charge on any atom is 0.227 e. The number of carbonyl (C=O) groups is 1. The maximum absolute atomic E-state index is 12.1. The summed E-state index contributed by atoms with van der Waals surface area (Å²) in [5.41, 5.74) is 2.81. The van der Waals surface area contributed by atoms with Crippen LogP contribution < -0.4 is 4.90 Å². The molecule has 1 aliphatic rings. The zero-order chi connectivity index (χ0) is 14.8. The lowest BCUT2D eigenvalue weighted by atomic mass is 10.1. The van der Waals surface area contributed by atoms with Gasteiger partial charge in [-0.05, 0) is 36.8 Å². The smallest absolute Gasteiger partial charge is 0.227 e. The van der Waals surface area contributed by atoms with Crippen molar-refractivity contribution >= 4 is 24.2 Å². The van der Waals surface area contributed by atoms with Crippen molar-refractivity contribution in [3.8, 4) is 11.3 Å². The minimum absolute atomic E-state index is 0.171. The lowest BCUT2D eigenvalue weighted by Gasteiger charge is -2.17. The fourth-order valence-electron chi connectivity index (χ4n) is 2.60. The molecule has 4 nitrogen and oxygen atoms in total. The normalized spacial score (nSPS) is 18.3. The van der Waals surface area contributed by atoms with Crippen molar-refractivity contribution in [1.29, 1.82) is 0 Å². The molecule has 0 aliphatic carbocycles. The number of rotatable bonds is 3. The number of carbonyl (C=O) groups excluding carboxylic acids is 1. The fourth-order valence-corrected chi connectivity index (χ4v) is 2.85. The Morgan fingerprint density at radius 1 is 1.38 bits per heavy atom. The van der Waals surface area contributed by atoms with Crippen LogP contribution in [0.5, 0.6) is 0 Å². The van der Waals surface area contributed by atoms with Crippen molar-refractivity contribution in [3.05, 3.63) is 42.4 Å². The van der Waals surface area contributed by atoms with Crippen LogP contribution in [0.15, 0.2) is 36.5 Å². The van der Waals surface area contributed by atoms with E-state index in [1.165, 1.54) is 0 Å². The molecule has 1 aliphatic heterocycles. The van der Waals surface area contributed by atoms with Crippen LogP contribution in [-0.2, 0) is 4.79 Å². The molecule has 1 aromatic heterocycles. The number of aromatic nitrogens is 2. The summed E-state index contributed by atoms with van der Waals surface area (Å²) in [5.74, 6) is 1.99. The van der Waals surface area contributed by atoms with Crippen LogP contribution >= 0.6 is 12.6 Å². The molecule has 0 radical (unpaired) electrons. The SMILES string of the molecule is Cc1nccc(-c2cccc(N3CC(CS)CC3=O)c2)n1. The third kappa shape index (κ3) is 2.93. The van der Waals surface area contributed by atoms with Crippen LogP contribution in [0.4, 0.5) is 5.69 Å². The zero-order valence-electron chi connectivity index (χ0n) is 11.9. The van der Waals surface area contributed by atoms with Gasteiger partial charge in [-0.1, -0.05) is 12.1 Å². The summed E-state index contributed by atoms with van der Waals surface area (Å²) in [4.78, 5) is 22.5. The lowest BCUT2D eigenvalue weighted by molar-refractivity contribution is -0.117. The summed E-state index contributed by atoms with van der Waals surface area (Å²) in [5, 5.41) is 0. The Morgan fingerprint density at radius 2 is 2.24 bits per heavy atom. The molecular formula is C16H17N3OS. The third-order valence-corrected chi connectivity index (χ3v) is 4.21. The summed E-state index contributed by atoms with van der Waals surface area (Å²) in [6.07, 6.45) is 2.34. The molecule has 1 aromatic carbocycles. The van der Waals surface area contributed by atoms with Gasteiger partial charge in [-0.15, -0.1) is 0 Å². The number of thiol groups is 1. The highest BCUT2D eigenvalue weighted by Gasteiger charge is 2.29. The number of aryl methyl sites for hydroxylation is 1. The molecule has 1 unspecified atom stereocenters. The predicted octanol–water partition coefficient (Wildman–Crippen LogP) is 2.73. The number of hydrogen-bond acceptors (Lipinski definition) is 4. The van der Waals surface area contributed by atoms with Gasteiger partial charge in [0.2, 0.25) is 5.91 Å². The first kappa shape index (κ1) is 14.1. The van der Waals surface area contributed by atoms with Crippen LogP contribution in [-0.4, -0.2) is 28.2 Å². The number of anilines is 1. The molecule has 2 heterocycles. The van der Waals surface area contributed by atoms with Gasteiger partial charge in [-0.3, -0.25) is 4.79 Å². The molecule has 0 spiro atoms. The second-order valence-electron chi connectivity index (χ2n) is 5.30. The largest absolute Gasteiger partial charge is 0.312 e. The fraction of sp³-hybridized carbons (Fsp3) is 0.312. The topological polar surface area (TPSA) is 46.1 Å². The van der Waals surface area contributed by atoms with Gasteiger partial charge in [-0.25, -0.2) is 9.97 Å². The van der Waals surface area contributed by atoms with Crippen molar-refractivity contribution in [2.75, 3.05) is 17.2 Å². The van der Waals surface area contributed by atoms with Gasteiger partial charge < -0.3 is 4.90 Å². The molecule has 3 rings (SSSR count). The summed E-state index contributed by atoms with van der Waals surface area (Å²) < 4.78 is 0. The number of nitrogens with zero attached hydrogens (tertiary/aromatic N) is 3. The van der Waals surface area contributed by atoms with E-state index in [9.17, 15) is 4.79 Å². The standard InChI is InChI=1S/C16H17N3OS/c1-11-17-6-5-15(18-11)13-3-2-4-14(8-13)19-9-12(10-21)7-16(19)20/h2-6,8,12,21H,7,9-10H2,1H3. The molecule has 2 aromatic rings. The van der Waals surface area contributed by atoms with Crippen LogP contribution in [0.3, 0.4) is 0 Å². The molecule has 1 atom stereocenters. The average molecular weight is 299 g/mol. The predicted molar refractivity (Wildman–Crippen MR) is 86.5 cm³/mol. The molecule has 0 saturated carbocycles. The van der Waals surface area contributed by atoms with E-state index in [0.717, 1.165) is 35.1 Å². The quantitative estimate of drug-likeness (QED) is 0.886. The monoisotopic (exact) mass is 299 g/mol. The molecule has 21 heavy (non-hydrogen) atoms. The summed E-state index contributed by atoms with van der Waals surface area (Å²) in [6.45, 7) is 2.61. The highest BCUT2D eigenvalue weighted by atomic mass is 32.1. The number of hydrogen-bond donors (Lipinski definition) is 1. The lowest BCUT2D eigenvalue weighted by Crippen LogP contribution is -2.24. The van der Waals surface area contributed by atoms with Gasteiger partial charge in [0, 0.05) is 30.4 Å². The first-order chi connectivity index (χ1) is 10.2. The minimum Gasteiger partial charge on any atom is -0.312 e. The van der Waals surface area contributed by atoms with Gasteiger partial charge >= 0.3 is 0 Å². The van der Waals surface area contributed by atoms with E-state index in [1.54, 1.807) is 6.20 Å². The third-order valence-electron chi connectivity index (χ3n) is 3.69. The molecule has 1 amide bonds. The summed E-state index contributed by atoms with van der Waals surface area (Å²) in [6, 6.07) is 9.83. The zero-order valence-corrected chi connectivity index (χ0v) is 12.8. The minimum atomic E-state index is 0.171. The highest BCUT2D eigenvalue weighted by molar-refractivity contribution is 7.80. The molecule has 1 saturated heterocycles. The molecule has 108 valence electrons. The maximum atomic E-state index is 12.1.